The predicted molar refractivity (Wildman–Crippen MR) is 99.6 cm³/mol. The van der Waals surface area contributed by atoms with Gasteiger partial charge in [-0.15, -0.1) is 0 Å². The summed E-state index contributed by atoms with van der Waals surface area (Å²) in [5.74, 6) is -0.232. The summed E-state index contributed by atoms with van der Waals surface area (Å²) in [5.41, 5.74) is 1.94. The molecule has 0 saturated carbocycles. The highest BCUT2D eigenvalue weighted by Gasteiger charge is 2.31. The van der Waals surface area contributed by atoms with Gasteiger partial charge in [-0.2, -0.15) is 9.40 Å². The van der Waals surface area contributed by atoms with Crippen LogP contribution in [0.5, 0.6) is 0 Å². The van der Waals surface area contributed by atoms with E-state index >= 15 is 0 Å². The van der Waals surface area contributed by atoms with Crippen LogP contribution in [0.3, 0.4) is 0 Å². The van der Waals surface area contributed by atoms with E-state index < -0.39 is 10.0 Å². The number of rotatable bonds is 5. The van der Waals surface area contributed by atoms with Gasteiger partial charge in [0.1, 0.15) is 0 Å². The van der Waals surface area contributed by atoms with Crippen LogP contribution in [-0.2, 0) is 10.0 Å². The van der Waals surface area contributed by atoms with Gasteiger partial charge < -0.3 is 5.32 Å². The number of carbonyl (C=O) groups is 1. The summed E-state index contributed by atoms with van der Waals surface area (Å²) in [6.07, 6.45) is 4.44. The number of hydrogen-bond donors (Lipinski definition) is 1. The highest BCUT2D eigenvalue weighted by molar-refractivity contribution is 7.88. The summed E-state index contributed by atoms with van der Waals surface area (Å²) < 4.78 is 26.9. The first kappa shape index (κ1) is 18.8. The van der Waals surface area contributed by atoms with Crippen molar-refractivity contribution < 1.29 is 13.2 Å². The molecule has 142 valence electrons. The maximum absolute atomic E-state index is 12.8. The Morgan fingerprint density at radius 2 is 2.15 bits per heavy atom. The Labute approximate surface area is 153 Å². The molecule has 0 spiro atoms. The summed E-state index contributed by atoms with van der Waals surface area (Å²) in [5, 5.41) is 7.94. The van der Waals surface area contributed by atoms with Crippen molar-refractivity contribution in [3.63, 3.8) is 0 Å². The summed E-state index contributed by atoms with van der Waals surface area (Å²) in [6, 6.07) is 1.69. The molecule has 1 N–H and O–H groups in total. The van der Waals surface area contributed by atoms with Gasteiger partial charge in [0.05, 0.1) is 23.4 Å². The van der Waals surface area contributed by atoms with E-state index in [1.165, 1.54) is 10.6 Å². The molecular weight excluding hydrogens is 354 g/mol. The fourth-order valence-electron chi connectivity index (χ4n) is 3.46. The quantitative estimate of drug-likeness (QED) is 0.848. The summed E-state index contributed by atoms with van der Waals surface area (Å²) in [7, 11) is -3.25. The molecule has 3 rings (SSSR count). The fraction of sp³-hybridized carbons (Fsp3) is 0.588. The Hall–Kier alpha value is -2.00. The van der Waals surface area contributed by atoms with Crippen molar-refractivity contribution in [1.82, 2.24) is 24.4 Å². The van der Waals surface area contributed by atoms with Gasteiger partial charge in [-0.3, -0.25) is 4.79 Å². The normalized spacial score (nSPS) is 18.7. The SMILES string of the molecule is Cc1cc(C(=O)NC[C@H]2CCCN2S(C)(=O)=O)c2cnn(C(C)C)c2n1. The average molecular weight is 379 g/mol. The van der Waals surface area contributed by atoms with Crippen molar-refractivity contribution in [1.29, 1.82) is 0 Å². The van der Waals surface area contributed by atoms with Gasteiger partial charge >= 0.3 is 0 Å². The third-order valence-electron chi connectivity index (χ3n) is 4.68. The van der Waals surface area contributed by atoms with Crippen LogP contribution >= 0.6 is 0 Å². The average Bonchev–Trinajstić information content (AvgIpc) is 3.17. The molecule has 0 bridgehead atoms. The lowest BCUT2D eigenvalue weighted by Crippen LogP contribution is -2.42. The third kappa shape index (κ3) is 3.59. The van der Waals surface area contributed by atoms with Crippen LogP contribution < -0.4 is 5.32 Å². The van der Waals surface area contributed by atoms with Gasteiger partial charge in [0.15, 0.2) is 5.65 Å². The maximum Gasteiger partial charge on any atom is 0.252 e. The number of pyridine rings is 1. The Morgan fingerprint density at radius 1 is 1.42 bits per heavy atom. The van der Waals surface area contributed by atoms with Crippen molar-refractivity contribution in [2.75, 3.05) is 19.3 Å². The second-order valence-corrected chi connectivity index (χ2v) is 9.05. The van der Waals surface area contributed by atoms with Gasteiger partial charge in [-0.25, -0.2) is 18.1 Å². The molecule has 2 aromatic rings. The number of sulfonamides is 1. The maximum atomic E-state index is 12.8. The minimum atomic E-state index is -3.25. The van der Waals surface area contributed by atoms with E-state index in [4.69, 9.17) is 0 Å². The fourth-order valence-corrected chi connectivity index (χ4v) is 4.65. The van der Waals surface area contributed by atoms with E-state index in [2.05, 4.69) is 15.4 Å². The first-order valence-corrected chi connectivity index (χ1v) is 10.6. The molecule has 3 heterocycles. The van der Waals surface area contributed by atoms with Crippen molar-refractivity contribution in [2.24, 2.45) is 0 Å². The van der Waals surface area contributed by atoms with Crippen LogP contribution in [-0.4, -0.2) is 58.8 Å². The van der Waals surface area contributed by atoms with Crippen LogP contribution in [0.1, 0.15) is 48.8 Å². The molecule has 8 nitrogen and oxygen atoms in total. The van der Waals surface area contributed by atoms with Crippen LogP contribution in [0.4, 0.5) is 0 Å². The molecule has 1 amide bonds. The Kier molecular flexibility index (Phi) is 5.03. The smallest absolute Gasteiger partial charge is 0.252 e. The highest BCUT2D eigenvalue weighted by atomic mass is 32.2. The van der Waals surface area contributed by atoms with Crippen molar-refractivity contribution in [2.45, 2.75) is 45.7 Å². The molecular formula is C17H25N5O3S. The van der Waals surface area contributed by atoms with Gasteiger partial charge in [0.2, 0.25) is 10.0 Å². The topological polar surface area (TPSA) is 97.2 Å². The van der Waals surface area contributed by atoms with Crippen LogP contribution in [0.25, 0.3) is 11.0 Å². The molecule has 0 unspecified atom stereocenters. The van der Waals surface area contributed by atoms with Gasteiger partial charge in [0, 0.05) is 30.9 Å². The minimum Gasteiger partial charge on any atom is -0.350 e. The lowest BCUT2D eigenvalue weighted by atomic mass is 10.1. The standard InChI is InChI=1S/C17H25N5O3S/c1-11(2)22-16-15(10-19-22)14(8-12(3)20-16)17(23)18-9-13-6-5-7-21(13)26(4,24)25/h8,10-11,13H,5-7,9H2,1-4H3,(H,18,23)/t13-/m1/s1. The van der Waals surface area contributed by atoms with Gasteiger partial charge in [0.25, 0.3) is 5.91 Å². The van der Waals surface area contributed by atoms with E-state index in [9.17, 15) is 13.2 Å². The molecule has 1 atom stereocenters. The van der Waals surface area contributed by atoms with Gasteiger partial charge in [-0.05, 0) is 39.7 Å². The third-order valence-corrected chi connectivity index (χ3v) is 6.01. The monoisotopic (exact) mass is 379 g/mol. The van der Waals surface area contributed by atoms with Crippen LogP contribution in [0.15, 0.2) is 12.3 Å². The van der Waals surface area contributed by atoms with Crippen molar-refractivity contribution in [3.8, 4) is 0 Å². The molecule has 1 fully saturated rings. The largest absolute Gasteiger partial charge is 0.350 e. The van der Waals surface area contributed by atoms with E-state index in [0.717, 1.165) is 18.5 Å². The van der Waals surface area contributed by atoms with E-state index in [1.54, 1.807) is 16.9 Å². The number of fused-ring (bicyclic) bond motifs is 1. The highest BCUT2D eigenvalue weighted by Crippen LogP contribution is 2.22. The number of amides is 1. The minimum absolute atomic E-state index is 0.138. The Balaban J connectivity index is 1.82. The molecule has 0 radical (unpaired) electrons. The number of hydrogen-bond acceptors (Lipinski definition) is 5. The van der Waals surface area contributed by atoms with Gasteiger partial charge in [-0.1, -0.05) is 0 Å². The second kappa shape index (κ2) is 6.96. The van der Waals surface area contributed by atoms with Crippen molar-refractivity contribution >= 4 is 27.0 Å². The van der Waals surface area contributed by atoms with Crippen LogP contribution in [0.2, 0.25) is 0 Å². The van der Waals surface area contributed by atoms with Crippen LogP contribution in [0, 0.1) is 6.92 Å². The lowest BCUT2D eigenvalue weighted by molar-refractivity contribution is 0.0948. The first-order chi connectivity index (χ1) is 12.2. The summed E-state index contributed by atoms with van der Waals surface area (Å²) in [4.78, 5) is 17.3. The molecule has 1 saturated heterocycles. The predicted octanol–water partition coefficient (Wildman–Crippen LogP) is 1.47. The summed E-state index contributed by atoms with van der Waals surface area (Å²) in [6.45, 7) is 6.68. The lowest BCUT2D eigenvalue weighted by Gasteiger charge is -2.22. The summed E-state index contributed by atoms with van der Waals surface area (Å²) >= 11 is 0. The molecule has 26 heavy (non-hydrogen) atoms. The Bertz CT molecular complexity index is 935. The molecule has 1 aliphatic rings. The first-order valence-electron chi connectivity index (χ1n) is 8.78. The van der Waals surface area contributed by atoms with E-state index in [0.29, 0.717) is 29.7 Å². The zero-order valence-corrected chi connectivity index (χ0v) is 16.4. The second-order valence-electron chi connectivity index (χ2n) is 7.11. The Morgan fingerprint density at radius 3 is 2.81 bits per heavy atom. The molecule has 1 aliphatic heterocycles. The number of aryl methyl sites for hydroxylation is 1. The zero-order valence-electron chi connectivity index (χ0n) is 15.6. The van der Waals surface area contributed by atoms with Crippen molar-refractivity contribution in [3.05, 3.63) is 23.5 Å². The van der Waals surface area contributed by atoms with E-state index in [-0.39, 0.29) is 18.0 Å². The number of aromatic nitrogens is 3. The molecule has 0 aliphatic carbocycles. The molecule has 0 aromatic carbocycles. The van der Waals surface area contributed by atoms with E-state index in [1.807, 2.05) is 20.8 Å². The number of carbonyl (C=O) groups excluding carboxylic acids is 1. The number of nitrogens with one attached hydrogen (secondary N) is 1. The number of nitrogens with zero attached hydrogens (tertiary/aromatic N) is 4. The molecule has 9 heteroatoms. The zero-order chi connectivity index (χ0) is 19.1. The molecule has 2 aromatic heterocycles.